The second-order valence-corrected chi connectivity index (χ2v) is 2.50. The Balaban J connectivity index is 0. The van der Waals surface area contributed by atoms with Crippen LogP contribution in [0.5, 0.6) is 0 Å². The van der Waals surface area contributed by atoms with Crippen LogP contribution in [0.15, 0.2) is 0 Å². The van der Waals surface area contributed by atoms with E-state index in [0.29, 0.717) is 6.61 Å². The van der Waals surface area contributed by atoms with Gasteiger partial charge in [-0.1, -0.05) is 0 Å². The van der Waals surface area contributed by atoms with Gasteiger partial charge in [0.1, 0.15) is 6.10 Å². The summed E-state index contributed by atoms with van der Waals surface area (Å²) < 4.78 is 4.41. The molecule has 1 unspecified atom stereocenters. The molecule has 0 bridgehead atoms. The molecule has 0 saturated heterocycles. The van der Waals surface area contributed by atoms with Crippen LogP contribution >= 0.6 is 0 Å². The third kappa shape index (κ3) is 13.8. The summed E-state index contributed by atoms with van der Waals surface area (Å²) in [7, 11) is 3.38. The molecular weight excluding hydrogens is 174 g/mol. The van der Waals surface area contributed by atoms with Crippen molar-refractivity contribution < 1.29 is 19.4 Å². The smallest absolute Gasteiger partial charge is 0.334 e. The molecule has 0 aliphatic rings. The molecule has 0 heterocycles. The summed E-state index contributed by atoms with van der Waals surface area (Å²) in [6, 6.07) is 0. The van der Waals surface area contributed by atoms with E-state index in [0.717, 1.165) is 6.41 Å². The van der Waals surface area contributed by atoms with Crippen LogP contribution in [0.3, 0.4) is 0 Å². The molecule has 1 atom stereocenters. The summed E-state index contributed by atoms with van der Waals surface area (Å²) in [4.78, 5) is 21.1. The van der Waals surface area contributed by atoms with E-state index in [1.807, 2.05) is 0 Å². The van der Waals surface area contributed by atoms with Crippen molar-refractivity contribution in [3.8, 4) is 0 Å². The molecule has 0 spiro atoms. The molecule has 1 N–H and O–H groups in total. The molecule has 0 rings (SSSR count). The van der Waals surface area contributed by atoms with E-state index in [1.54, 1.807) is 21.0 Å². The minimum atomic E-state index is -0.991. The van der Waals surface area contributed by atoms with E-state index in [-0.39, 0.29) is 0 Å². The first-order valence-electron chi connectivity index (χ1n) is 3.92. The van der Waals surface area contributed by atoms with Crippen molar-refractivity contribution in [1.82, 2.24) is 4.90 Å². The summed E-state index contributed by atoms with van der Waals surface area (Å²) in [5, 5.41) is 8.48. The molecule has 0 aliphatic carbocycles. The fourth-order valence-electron chi connectivity index (χ4n) is 0.263. The molecule has 0 radical (unpaired) electrons. The van der Waals surface area contributed by atoms with E-state index in [4.69, 9.17) is 5.11 Å². The Hall–Kier alpha value is -1.10. The van der Waals surface area contributed by atoms with Crippen molar-refractivity contribution in [1.29, 1.82) is 0 Å². The summed E-state index contributed by atoms with van der Waals surface area (Å²) in [5.41, 5.74) is 0. The Morgan fingerprint density at radius 3 is 2.08 bits per heavy atom. The summed E-state index contributed by atoms with van der Waals surface area (Å²) in [6.07, 6.45) is -0.241. The van der Waals surface area contributed by atoms with Gasteiger partial charge < -0.3 is 14.7 Å². The van der Waals surface area contributed by atoms with E-state index >= 15 is 0 Å². The molecule has 0 aliphatic heterocycles. The molecule has 0 fully saturated rings. The SMILES string of the molecule is CCOC(=O)C(C)O.CN(C)C=O. The topological polar surface area (TPSA) is 66.8 Å². The highest BCUT2D eigenvalue weighted by Gasteiger charge is 2.07. The summed E-state index contributed by atoms with van der Waals surface area (Å²) in [6.45, 7) is 3.39. The fraction of sp³-hybridized carbons (Fsp3) is 0.750. The van der Waals surface area contributed by atoms with Gasteiger partial charge in [0.2, 0.25) is 6.41 Å². The zero-order valence-corrected chi connectivity index (χ0v) is 8.48. The van der Waals surface area contributed by atoms with E-state index in [9.17, 15) is 9.59 Å². The number of esters is 1. The van der Waals surface area contributed by atoms with Gasteiger partial charge in [-0.15, -0.1) is 0 Å². The van der Waals surface area contributed by atoms with Gasteiger partial charge >= 0.3 is 5.97 Å². The largest absolute Gasteiger partial charge is 0.464 e. The van der Waals surface area contributed by atoms with Crippen molar-refractivity contribution in [2.75, 3.05) is 20.7 Å². The van der Waals surface area contributed by atoms with Crippen molar-refractivity contribution in [3.05, 3.63) is 0 Å². The van der Waals surface area contributed by atoms with Gasteiger partial charge in [0.15, 0.2) is 0 Å². The van der Waals surface area contributed by atoms with Gasteiger partial charge in [-0.3, -0.25) is 4.79 Å². The van der Waals surface area contributed by atoms with Gasteiger partial charge in [-0.25, -0.2) is 4.79 Å². The van der Waals surface area contributed by atoms with Crippen molar-refractivity contribution >= 4 is 12.4 Å². The molecular formula is C8H17NO4. The van der Waals surface area contributed by atoms with Crippen LogP contribution in [0, 0.1) is 0 Å². The molecule has 1 amide bonds. The lowest BCUT2D eigenvalue weighted by Gasteiger charge is -2.01. The normalized spacial score (nSPS) is 10.5. The number of amides is 1. The van der Waals surface area contributed by atoms with Crippen molar-refractivity contribution in [2.24, 2.45) is 0 Å². The van der Waals surface area contributed by atoms with Gasteiger partial charge in [-0.05, 0) is 13.8 Å². The Labute approximate surface area is 78.3 Å². The first-order chi connectivity index (χ1) is 5.95. The average Bonchev–Trinajstić information content (AvgIpc) is 2.06. The minimum absolute atomic E-state index is 0.323. The fourth-order valence-corrected chi connectivity index (χ4v) is 0.263. The number of aliphatic hydroxyl groups is 1. The maximum absolute atomic E-state index is 10.3. The van der Waals surface area contributed by atoms with Gasteiger partial charge in [0.25, 0.3) is 0 Å². The summed E-state index contributed by atoms with van der Waals surface area (Å²) >= 11 is 0. The second kappa shape index (κ2) is 8.99. The molecule has 5 nitrogen and oxygen atoms in total. The first kappa shape index (κ1) is 14.4. The number of nitrogens with zero attached hydrogens (tertiary/aromatic N) is 1. The first-order valence-corrected chi connectivity index (χ1v) is 3.92. The Kier molecular flexibility index (Phi) is 9.98. The van der Waals surface area contributed by atoms with Crippen LogP contribution in [-0.4, -0.2) is 49.2 Å². The molecule has 5 heteroatoms. The maximum atomic E-state index is 10.3. The lowest BCUT2D eigenvalue weighted by molar-refractivity contribution is -0.151. The molecule has 0 aromatic heterocycles. The zero-order valence-electron chi connectivity index (χ0n) is 8.48. The van der Waals surface area contributed by atoms with Crippen LogP contribution in [0.4, 0.5) is 0 Å². The minimum Gasteiger partial charge on any atom is -0.464 e. The number of ether oxygens (including phenoxy) is 1. The number of carbonyl (C=O) groups is 2. The highest BCUT2D eigenvalue weighted by Crippen LogP contribution is 1.84. The van der Waals surface area contributed by atoms with Gasteiger partial charge in [0.05, 0.1) is 6.61 Å². The molecule has 0 saturated carbocycles. The quantitative estimate of drug-likeness (QED) is 0.488. The Morgan fingerprint density at radius 1 is 1.62 bits per heavy atom. The van der Waals surface area contributed by atoms with Gasteiger partial charge in [-0.2, -0.15) is 0 Å². The van der Waals surface area contributed by atoms with E-state index in [2.05, 4.69) is 4.74 Å². The van der Waals surface area contributed by atoms with Crippen molar-refractivity contribution in [2.45, 2.75) is 20.0 Å². The highest BCUT2D eigenvalue weighted by molar-refractivity contribution is 5.73. The maximum Gasteiger partial charge on any atom is 0.334 e. The molecule has 13 heavy (non-hydrogen) atoms. The van der Waals surface area contributed by atoms with Crippen LogP contribution in [0.1, 0.15) is 13.8 Å². The number of rotatable bonds is 3. The lowest BCUT2D eigenvalue weighted by atomic mass is 10.4. The zero-order chi connectivity index (χ0) is 10.9. The Morgan fingerprint density at radius 2 is 2.00 bits per heavy atom. The second-order valence-electron chi connectivity index (χ2n) is 2.50. The standard InChI is InChI=1S/C5H10O3.C3H7NO/c1-3-8-5(7)4(2)6;1-4(2)3-5/h4,6H,3H2,1-2H3;3H,1-2H3. The van der Waals surface area contributed by atoms with E-state index in [1.165, 1.54) is 11.8 Å². The third-order valence-electron chi connectivity index (χ3n) is 0.839. The highest BCUT2D eigenvalue weighted by atomic mass is 16.5. The van der Waals surface area contributed by atoms with Crippen LogP contribution in [0.2, 0.25) is 0 Å². The molecule has 78 valence electrons. The van der Waals surface area contributed by atoms with Crippen LogP contribution in [-0.2, 0) is 14.3 Å². The number of aliphatic hydroxyl groups excluding tert-OH is 1. The number of hydrogen-bond donors (Lipinski definition) is 1. The van der Waals surface area contributed by atoms with Crippen molar-refractivity contribution in [3.63, 3.8) is 0 Å². The predicted octanol–water partition coefficient (Wildman–Crippen LogP) is -0.365. The monoisotopic (exact) mass is 191 g/mol. The third-order valence-corrected chi connectivity index (χ3v) is 0.839. The van der Waals surface area contributed by atoms with E-state index < -0.39 is 12.1 Å². The summed E-state index contributed by atoms with van der Waals surface area (Å²) in [5.74, 6) is -0.562. The van der Waals surface area contributed by atoms with Crippen LogP contribution < -0.4 is 0 Å². The number of carbonyl (C=O) groups excluding carboxylic acids is 2. The average molecular weight is 191 g/mol. The van der Waals surface area contributed by atoms with Gasteiger partial charge in [0, 0.05) is 14.1 Å². The van der Waals surface area contributed by atoms with Crippen LogP contribution in [0.25, 0.3) is 0 Å². The number of hydrogen-bond acceptors (Lipinski definition) is 4. The lowest BCUT2D eigenvalue weighted by Crippen LogP contribution is -2.18. The molecule has 0 aromatic carbocycles. The molecule has 0 aromatic rings. The Bertz CT molecular complexity index is 145. The predicted molar refractivity (Wildman–Crippen MR) is 48.1 cm³/mol.